The number of rotatable bonds is 5. The molecule has 8 nitrogen and oxygen atoms in total. The van der Waals surface area contributed by atoms with Gasteiger partial charge in [-0.2, -0.15) is 8.78 Å². The average molecular weight is 456 g/mol. The molecule has 10 heteroatoms. The predicted octanol–water partition coefficient (Wildman–Crippen LogP) is 4.16. The molecule has 0 radical (unpaired) electrons. The van der Waals surface area contributed by atoms with Gasteiger partial charge in [-0.1, -0.05) is 30.3 Å². The topological polar surface area (TPSA) is 110 Å². The Morgan fingerprint density at radius 3 is 2.55 bits per heavy atom. The largest absolute Gasteiger partial charge is 0.465 e. The van der Waals surface area contributed by atoms with Crippen LogP contribution in [0.2, 0.25) is 0 Å². The Hall–Kier alpha value is -4.08. The number of nitrogen functional groups attached to an aromatic ring is 1. The standard InChI is InChI=1S/C23H22F2N4O4/c1-28-17-10-11-29(23(31)32)12-14(17)19(13-6-2-5-9-18(13)33-22(24)25)20(28)21(30)27-16-8-4-3-7-15(16)26/h2-9,22H,10-12,26H2,1H3,(H,27,30)(H,31,32). The van der Waals surface area contributed by atoms with Gasteiger partial charge in [0.1, 0.15) is 11.4 Å². The maximum atomic E-state index is 13.4. The number of amides is 2. The summed E-state index contributed by atoms with van der Waals surface area (Å²) in [4.78, 5) is 26.3. The lowest BCUT2D eigenvalue weighted by Crippen LogP contribution is -2.35. The molecule has 2 heterocycles. The van der Waals surface area contributed by atoms with Crippen molar-refractivity contribution in [2.75, 3.05) is 17.6 Å². The fourth-order valence-electron chi connectivity index (χ4n) is 4.18. The summed E-state index contributed by atoms with van der Waals surface area (Å²) >= 11 is 0. The molecule has 1 aromatic heterocycles. The number of aromatic nitrogens is 1. The zero-order chi connectivity index (χ0) is 23.7. The molecule has 0 aliphatic carbocycles. The first-order valence-electron chi connectivity index (χ1n) is 10.2. The van der Waals surface area contributed by atoms with Crippen LogP contribution in [-0.2, 0) is 20.0 Å². The van der Waals surface area contributed by atoms with E-state index in [4.69, 9.17) is 10.5 Å². The highest BCUT2D eigenvalue weighted by atomic mass is 19.3. The summed E-state index contributed by atoms with van der Waals surface area (Å²) in [5.74, 6) is -0.616. The molecule has 1 aliphatic heterocycles. The second kappa shape index (κ2) is 8.81. The molecule has 172 valence electrons. The van der Waals surface area contributed by atoms with Gasteiger partial charge in [-0.15, -0.1) is 0 Å². The molecule has 33 heavy (non-hydrogen) atoms. The van der Waals surface area contributed by atoms with E-state index in [2.05, 4.69) is 5.32 Å². The number of nitrogens with one attached hydrogen (secondary N) is 1. The van der Waals surface area contributed by atoms with Gasteiger partial charge in [0, 0.05) is 42.4 Å². The van der Waals surface area contributed by atoms with Crippen LogP contribution in [0.4, 0.5) is 25.0 Å². The number of nitrogens with zero attached hydrogens (tertiary/aromatic N) is 2. The van der Waals surface area contributed by atoms with Gasteiger partial charge in [-0.25, -0.2) is 4.79 Å². The van der Waals surface area contributed by atoms with Crippen LogP contribution in [0.15, 0.2) is 48.5 Å². The van der Waals surface area contributed by atoms with Crippen molar-refractivity contribution in [2.45, 2.75) is 19.6 Å². The van der Waals surface area contributed by atoms with E-state index in [0.717, 1.165) is 5.69 Å². The number of ether oxygens (including phenoxy) is 1. The van der Waals surface area contributed by atoms with E-state index >= 15 is 0 Å². The van der Waals surface area contributed by atoms with Crippen molar-refractivity contribution >= 4 is 23.4 Å². The van der Waals surface area contributed by atoms with Crippen LogP contribution in [0.25, 0.3) is 11.1 Å². The minimum Gasteiger partial charge on any atom is -0.465 e. The number of para-hydroxylation sites is 3. The number of anilines is 2. The van der Waals surface area contributed by atoms with Gasteiger partial charge in [0.2, 0.25) is 0 Å². The average Bonchev–Trinajstić information content (AvgIpc) is 3.07. The maximum absolute atomic E-state index is 13.4. The molecule has 2 amide bonds. The van der Waals surface area contributed by atoms with Gasteiger partial charge in [-0.3, -0.25) is 4.79 Å². The van der Waals surface area contributed by atoms with Gasteiger partial charge in [0.15, 0.2) is 0 Å². The van der Waals surface area contributed by atoms with Gasteiger partial charge < -0.3 is 30.4 Å². The number of nitrogens with two attached hydrogens (primary N) is 1. The number of carboxylic acid groups (broad SMARTS) is 1. The van der Waals surface area contributed by atoms with Crippen molar-refractivity contribution in [3.8, 4) is 16.9 Å². The van der Waals surface area contributed by atoms with Gasteiger partial charge in [0.25, 0.3) is 5.91 Å². The molecular formula is C23H22F2N4O4. The first-order valence-corrected chi connectivity index (χ1v) is 10.2. The van der Waals surface area contributed by atoms with Gasteiger partial charge in [-0.05, 0) is 18.2 Å². The highest BCUT2D eigenvalue weighted by Gasteiger charge is 2.33. The van der Waals surface area contributed by atoms with Crippen LogP contribution in [-0.4, -0.2) is 39.7 Å². The Morgan fingerprint density at radius 2 is 1.85 bits per heavy atom. The first kappa shape index (κ1) is 22.1. The van der Waals surface area contributed by atoms with E-state index in [1.807, 2.05) is 0 Å². The summed E-state index contributed by atoms with van der Waals surface area (Å²) in [7, 11) is 1.69. The molecule has 3 aromatic rings. The van der Waals surface area contributed by atoms with E-state index in [1.165, 1.54) is 11.0 Å². The summed E-state index contributed by atoms with van der Waals surface area (Å²) in [6.45, 7) is -2.80. The molecule has 0 fully saturated rings. The zero-order valence-electron chi connectivity index (χ0n) is 17.7. The normalized spacial score (nSPS) is 13.0. The Balaban J connectivity index is 1.90. The van der Waals surface area contributed by atoms with Crippen molar-refractivity contribution in [1.82, 2.24) is 9.47 Å². The minimum absolute atomic E-state index is 0.0115. The third-order valence-electron chi connectivity index (χ3n) is 5.66. The number of fused-ring (bicyclic) bond motifs is 1. The van der Waals surface area contributed by atoms with E-state index in [1.54, 1.807) is 54.1 Å². The highest BCUT2D eigenvalue weighted by Crippen LogP contribution is 2.41. The lowest BCUT2D eigenvalue weighted by molar-refractivity contribution is -0.0494. The van der Waals surface area contributed by atoms with Crippen LogP contribution in [0, 0.1) is 0 Å². The molecule has 1 aliphatic rings. The zero-order valence-corrected chi connectivity index (χ0v) is 17.7. The second-order valence-electron chi connectivity index (χ2n) is 7.58. The maximum Gasteiger partial charge on any atom is 0.407 e. The Bertz CT molecular complexity index is 1230. The van der Waals surface area contributed by atoms with E-state index < -0.39 is 18.6 Å². The smallest absolute Gasteiger partial charge is 0.407 e. The third-order valence-corrected chi connectivity index (χ3v) is 5.66. The Kier molecular flexibility index (Phi) is 5.91. The van der Waals surface area contributed by atoms with Crippen LogP contribution in [0.5, 0.6) is 5.75 Å². The monoisotopic (exact) mass is 456 g/mol. The van der Waals surface area contributed by atoms with Gasteiger partial charge in [0.05, 0.1) is 17.9 Å². The number of halogens is 2. The third kappa shape index (κ3) is 4.19. The molecule has 0 saturated heterocycles. The molecule has 4 N–H and O–H groups in total. The highest BCUT2D eigenvalue weighted by molar-refractivity contribution is 6.10. The fraction of sp³-hybridized carbons (Fsp3) is 0.217. The van der Waals surface area contributed by atoms with Crippen LogP contribution in [0.3, 0.4) is 0 Å². The van der Waals surface area contributed by atoms with Crippen molar-refractivity contribution in [3.63, 3.8) is 0 Å². The number of hydrogen-bond acceptors (Lipinski definition) is 4. The van der Waals surface area contributed by atoms with E-state index in [0.29, 0.717) is 28.9 Å². The molecule has 4 rings (SSSR count). The Labute approximate surface area is 188 Å². The summed E-state index contributed by atoms with van der Waals surface area (Å²) < 4.78 is 32.6. The molecule has 2 aromatic carbocycles. The van der Waals surface area contributed by atoms with Crippen LogP contribution in [0.1, 0.15) is 21.7 Å². The number of hydrogen-bond donors (Lipinski definition) is 3. The summed E-state index contributed by atoms with van der Waals surface area (Å²) in [6, 6.07) is 12.9. The van der Waals surface area contributed by atoms with E-state index in [9.17, 15) is 23.5 Å². The van der Waals surface area contributed by atoms with Crippen LogP contribution < -0.4 is 15.8 Å². The van der Waals surface area contributed by atoms with Crippen LogP contribution >= 0.6 is 0 Å². The van der Waals surface area contributed by atoms with Crippen molar-refractivity contribution < 1.29 is 28.2 Å². The predicted molar refractivity (Wildman–Crippen MR) is 118 cm³/mol. The minimum atomic E-state index is -3.07. The quantitative estimate of drug-likeness (QED) is 0.500. The van der Waals surface area contributed by atoms with Gasteiger partial charge >= 0.3 is 12.7 Å². The second-order valence-corrected chi connectivity index (χ2v) is 7.58. The lowest BCUT2D eigenvalue weighted by Gasteiger charge is -2.26. The number of carbonyl (C=O) groups excluding carboxylic acids is 1. The summed E-state index contributed by atoms with van der Waals surface area (Å²) in [6.07, 6.45) is -0.736. The molecular weight excluding hydrogens is 434 g/mol. The summed E-state index contributed by atoms with van der Waals surface area (Å²) in [5, 5.41) is 12.3. The lowest BCUT2D eigenvalue weighted by atomic mass is 9.96. The van der Waals surface area contributed by atoms with Crippen molar-refractivity contribution in [2.24, 2.45) is 7.05 Å². The number of alkyl halides is 2. The number of benzene rings is 2. The SMILES string of the molecule is Cn1c2c(c(-c3ccccc3OC(F)F)c1C(=O)Nc1ccccc1N)CN(C(=O)O)CC2. The molecule has 0 atom stereocenters. The fourth-order valence-corrected chi connectivity index (χ4v) is 4.18. The Morgan fingerprint density at radius 1 is 1.15 bits per heavy atom. The molecule has 0 bridgehead atoms. The summed E-state index contributed by atoms with van der Waals surface area (Å²) in [5.41, 5.74) is 8.87. The first-order chi connectivity index (χ1) is 15.8. The molecule has 0 saturated carbocycles. The number of carbonyl (C=O) groups is 2. The molecule has 0 unspecified atom stereocenters. The molecule has 0 spiro atoms. The van der Waals surface area contributed by atoms with Crippen molar-refractivity contribution in [1.29, 1.82) is 0 Å². The van der Waals surface area contributed by atoms with Crippen molar-refractivity contribution in [3.05, 3.63) is 65.5 Å². The van der Waals surface area contributed by atoms with E-state index in [-0.39, 0.29) is 30.1 Å².